The zero-order chi connectivity index (χ0) is 21.2. The molecule has 2 aromatic carbocycles. The van der Waals surface area contributed by atoms with Crippen molar-refractivity contribution in [1.82, 2.24) is 30.6 Å². The molecule has 3 heterocycles. The number of hydrogen-bond donors (Lipinski definition) is 2. The van der Waals surface area contributed by atoms with Crippen LogP contribution in [0.3, 0.4) is 0 Å². The smallest absolute Gasteiger partial charge is 0.274 e. The molecule has 4 aromatic rings. The van der Waals surface area contributed by atoms with Crippen LogP contribution in [0, 0.1) is 0 Å². The van der Waals surface area contributed by atoms with Crippen LogP contribution in [0.1, 0.15) is 32.0 Å². The van der Waals surface area contributed by atoms with Crippen LogP contribution in [0.2, 0.25) is 0 Å². The van der Waals surface area contributed by atoms with Gasteiger partial charge in [-0.3, -0.25) is 14.7 Å². The lowest BCUT2D eigenvalue weighted by molar-refractivity contribution is 0.0621. The molecule has 0 radical (unpaired) electrons. The second-order valence-electron chi connectivity index (χ2n) is 7.52. The fraction of sp³-hybridized carbons (Fsp3) is 0.174. The van der Waals surface area contributed by atoms with Gasteiger partial charge in [0.1, 0.15) is 0 Å². The lowest BCUT2D eigenvalue weighted by Gasteiger charge is -2.37. The van der Waals surface area contributed by atoms with Gasteiger partial charge in [0.25, 0.3) is 11.8 Å². The predicted molar refractivity (Wildman–Crippen MR) is 114 cm³/mol. The zero-order valence-corrected chi connectivity index (χ0v) is 16.7. The minimum Gasteiger partial charge on any atom is -0.350 e. The molecule has 1 atom stereocenters. The summed E-state index contributed by atoms with van der Waals surface area (Å²) < 4.78 is 0. The van der Waals surface area contributed by atoms with Gasteiger partial charge in [-0.15, -0.1) is 5.10 Å². The average molecular weight is 412 g/mol. The van der Waals surface area contributed by atoms with Crippen molar-refractivity contribution in [3.8, 4) is 0 Å². The number of carbonyl (C=O) groups is 2. The lowest BCUT2D eigenvalue weighted by atomic mass is 9.93. The van der Waals surface area contributed by atoms with Crippen molar-refractivity contribution in [2.24, 2.45) is 0 Å². The van der Waals surface area contributed by atoms with Gasteiger partial charge >= 0.3 is 0 Å². The summed E-state index contributed by atoms with van der Waals surface area (Å²) in [6, 6.07) is 16.7. The highest BCUT2D eigenvalue weighted by Crippen LogP contribution is 2.24. The number of nitrogens with zero attached hydrogens (tertiary/aromatic N) is 4. The Morgan fingerprint density at radius 2 is 1.94 bits per heavy atom. The minimum atomic E-state index is -0.197. The highest BCUT2D eigenvalue weighted by molar-refractivity contribution is 6.06. The molecule has 2 amide bonds. The lowest BCUT2D eigenvalue weighted by Crippen LogP contribution is -2.50. The van der Waals surface area contributed by atoms with Crippen molar-refractivity contribution in [3.63, 3.8) is 0 Å². The van der Waals surface area contributed by atoms with E-state index in [0.717, 1.165) is 16.5 Å². The summed E-state index contributed by atoms with van der Waals surface area (Å²) in [5, 5.41) is 18.5. The quantitative estimate of drug-likeness (QED) is 0.536. The highest BCUT2D eigenvalue weighted by Gasteiger charge is 2.31. The molecule has 0 fully saturated rings. The van der Waals surface area contributed by atoms with Gasteiger partial charge in [0.2, 0.25) is 0 Å². The summed E-state index contributed by atoms with van der Waals surface area (Å²) in [5.41, 5.74) is 3.93. The fourth-order valence-electron chi connectivity index (χ4n) is 4.04. The molecule has 0 aliphatic carbocycles. The van der Waals surface area contributed by atoms with Crippen LogP contribution >= 0.6 is 0 Å². The van der Waals surface area contributed by atoms with Crippen LogP contribution in [-0.4, -0.2) is 49.7 Å². The molecular weight excluding hydrogens is 392 g/mol. The van der Waals surface area contributed by atoms with Gasteiger partial charge in [-0.05, 0) is 41.8 Å². The Labute approximate surface area is 178 Å². The molecule has 0 spiro atoms. The maximum absolute atomic E-state index is 13.2. The third-order valence-electron chi connectivity index (χ3n) is 5.64. The van der Waals surface area contributed by atoms with Gasteiger partial charge in [0.05, 0.1) is 23.3 Å². The van der Waals surface area contributed by atoms with E-state index in [0.29, 0.717) is 30.8 Å². The van der Waals surface area contributed by atoms with Gasteiger partial charge in [0.15, 0.2) is 5.69 Å². The van der Waals surface area contributed by atoms with E-state index in [1.54, 1.807) is 29.3 Å². The molecule has 0 saturated carbocycles. The third kappa shape index (κ3) is 3.63. The van der Waals surface area contributed by atoms with E-state index in [1.165, 1.54) is 11.8 Å². The molecule has 0 bridgehead atoms. The van der Waals surface area contributed by atoms with Crippen LogP contribution in [0.15, 0.2) is 67.0 Å². The van der Waals surface area contributed by atoms with Crippen molar-refractivity contribution in [2.75, 3.05) is 6.54 Å². The van der Waals surface area contributed by atoms with Crippen molar-refractivity contribution < 1.29 is 9.59 Å². The molecule has 8 nitrogen and oxygen atoms in total. The van der Waals surface area contributed by atoms with Crippen LogP contribution < -0.4 is 5.32 Å². The molecule has 2 N–H and O–H groups in total. The van der Waals surface area contributed by atoms with Gasteiger partial charge in [-0.1, -0.05) is 30.3 Å². The first-order valence-corrected chi connectivity index (χ1v) is 10.1. The second kappa shape index (κ2) is 7.98. The van der Waals surface area contributed by atoms with Crippen LogP contribution in [0.4, 0.5) is 0 Å². The Bertz CT molecular complexity index is 1250. The predicted octanol–water partition coefficient (Wildman–Crippen LogP) is 2.35. The molecule has 154 valence electrons. The molecule has 31 heavy (non-hydrogen) atoms. The first kappa shape index (κ1) is 18.9. The summed E-state index contributed by atoms with van der Waals surface area (Å²) in [6.45, 7) is 0.789. The topological polar surface area (TPSA) is 104 Å². The van der Waals surface area contributed by atoms with Crippen molar-refractivity contribution in [1.29, 1.82) is 0 Å². The zero-order valence-electron chi connectivity index (χ0n) is 16.7. The number of fused-ring (bicyclic) bond motifs is 2. The summed E-state index contributed by atoms with van der Waals surface area (Å²) >= 11 is 0. The van der Waals surface area contributed by atoms with Crippen molar-refractivity contribution in [3.05, 3.63) is 89.4 Å². The maximum Gasteiger partial charge on any atom is 0.274 e. The number of rotatable bonds is 4. The number of carbonyl (C=O) groups excluding carboxylic acids is 2. The largest absolute Gasteiger partial charge is 0.350 e. The first-order chi connectivity index (χ1) is 15.2. The molecule has 1 unspecified atom stereocenters. The molecular formula is C23H20N6O2. The molecule has 0 saturated heterocycles. The summed E-state index contributed by atoms with van der Waals surface area (Å²) in [4.78, 5) is 27.9. The number of hydrogen-bond acceptors (Lipinski definition) is 5. The number of aromatic nitrogens is 4. The molecule has 2 aromatic heterocycles. The van der Waals surface area contributed by atoms with E-state index in [1.807, 2.05) is 30.3 Å². The number of benzene rings is 2. The minimum absolute atomic E-state index is 0.196. The Morgan fingerprint density at radius 3 is 2.77 bits per heavy atom. The molecule has 5 rings (SSSR count). The Hall–Kier alpha value is -4.07. The fourth-order valence-corrected chi connectivity index (χ4v) is 4.04. The van der Waals surface area contributed by atoms with Crippen molar-refractivity contribution >= 4 is 22.7 Å². The van der Waals surface area contributed by atoms with E-state index in [-0.39, 0.29) is 17.9 Å². The number of aromatic amines is 1. The van der Waals surface area contributed by atoms with Gasteiger partial charge < -0.3 is 10.2 Å². The van der Waals surface area contributed by atoms with E-state index in [9.17, 15) is 9.59 Å². The number of H-pyrrole nitrogens is 1. The first-order valence-electron chi connectivity index (χ1n) is 10.1. The van der Waals surface area contributed by atoms with Crippen LogP contribution in [0.25, 0.3) is 10.9 Å². The summed E-state index contributed by atoms with van der Waals surface area (Å²) in [5.74, 6) is -0.392. The average Bonchev–Trinajstić information content (AvgIpc) is 3.31. The standard InChI is InChI=1S/C23H20N6O2/c30-22(18-7-3-8-20-19(18)13-26-27-20)24-12-17-11-15-5-1-2-6-16(15)14-29(17)23(31)21-9-4-10-25-28-21/h1-10,13,17H,11-12,14H2,(H,24,30)(H,26,27). The Kier molecular flexibility index (Phi) is 4.87. The third-order valence-corrected chi connectivity index (χ3v) is 5.64. The molecule has 1 aliphatic rings. The summed E-state index contributed by atoms with van der Waals surface area (Å²) in [7, 11) is 0. The summed E-state index contributed by atoms with van der Waals surface area (Å²) in [6.07, 6.45) is 3.83. The monoisotopic (exact) mass is 412 g/mol. The second-order valence-corrected chi connectivity index (χ2v) is 7.52. The highest BCUT2D eigenvalue weighted by atomic mass is 16.2. The van der Waals surface area contributed by atoms with Crippen LogP contribution in [0.5, 0.6) is 0 Å². The SMILES string of the molecule is O=C(NCC1Cc2ccccc2CN1C(=O)c1cccnn1)c1cccc2[nH]ncc12. The van der Waals surface area contributed by atoms with Crippen molar-refractivity contribution in [2.45, 2.75) is 19.0 Å². The maximum atomic E-state index is 13.2. The molecule has 1 aliphatic heterocycles. The van der Waals surface area contributed by atoms with E-state index in [4.69, 9.17) is 0 Å². The molecule has 8 heteroatoms. The van der Waals surface area contributed by atoms with Gasteiger partial charge in [-0.2, -0.15) is 10.2 Å². The van der Waals surface area contributed by atoms with E-state index < -0.39 is 0 Å². The van der Waals surface area contributed by atoms with Gasteiger partial charge in [-0.25, -0.2) is 0 Å². The van der Waals surface area contributed by atoms with E-state index >= 15 is 0 Å². The number of amides is 2. The van der Waals surface area contributed by atoms with E-state index in [2.05, 4.69) is 31.8 Å². The normalized spacial score (nSPS) is 15.5. The Morgan fingerprint density at radius 1 is 1.06 bits per heavy atom. The van der Waals surface area contributed by atoms with Crippen LogP contribution in [-0.2, 0) is 13.0 Å². The number of nitrogens with one attached hydrogen (secondary N) is 2. The van der Waals surface area contributed by atoms with Gasteiger partial charge in [0, 0.05) is 24.7 Å². The Balaban J connectivity index is 1.39.